The summed E-state index contributed by atoms with van der Waals surface area (Å²) in [6.45, 7) is 7.86. The molecule has 242 valence electrons. The minimum absolute atomic E-state index is 0.152. The van der Waals surface area contributed by atoms with Crippen LogP contribution < -0.4 is 14.8 Å². The van der Waals surface area contributed by atoms with E-state index in [1.165, 1.54) is 40.8 Å². The molecule has 0 radical (unpaired) electrons. The lowest BCUT2D eigenvalue weighted by molar-refractivity contribution is -0.154. The quantitative estimate of drug-likeness (QED) is 0.275. The number of fused-ring (bicyclic) bond motifs is 8. The third-order valence-electron chi connectivity index (χ3n) is 14.3. The summed E-state index contributed by atoms with van der Waals surface area (Å²) in [7, 11) is 2.17. The summed E-state index contributed by atoms with van der Waals surface area (Å²) in [6, 6.07) is 7.92. The number of ether oxygens (including phenoxy) is 2. The normalized spacial score (nSPS) is 36.1. The highest BCUT2D eigenvalue weighted by atomic mass is 16.5. The Kier molecular flexibility index (Phi) is 5.36. The lowest BCUT2D eigenvalue weighted by atomic mass is 9.45. The van der Waals surface area contributed by atoms with Crippen molar-refractivity contribution in [3.63, 3.8) is 0 Å². The fourth-order valence-corrected chi connectivity index (χ4v) is 12.1. The molecular weight excluding hydrogens is 576 g/mol. The van der Waals surface area contributed by atoms with Gasteiger partial charge in [-0.15, -0.1) is 0 Å². The predicted octanol–water partition coefficient (Wildman–Crippen LogP) is 6.10. The van der Waals surface area contributed by atoms with E-state index in [2.05, 4.69) is 49.8 Å². The minimum Gasteiger partial charge on any atom is -0.504 e. The zero-order valence-corrected chi connectivity index (χ0v) is 27.4. The van der Waals surface area contributed by atoms with Crippen molar-refractivity contribution in [1.29, 1.82) is 0 Å². The Morgan fingerprint density at radius 2 is 1.67 bits per heavy atom. The third kappa shape index (κ3) is 3.01. The number of nitrogens with zero attached hydrogens (tertiary/aromatic N) is 1. The van der Waals surface area contributed by atoms with E-state index in [9.17, 15) is 15.3 Å². The largest absolute Gasteiger partial charge is 0.504 e. The first kappa shape index (κ1) is 27.9. The van der Waals surface area contributed by atoms with Crippen LogP contribution in [-0.2, 0) is 37.1 Å². The Labute approximate surface area is 270 Å². The molecule has 2 unspecified atom stereocenters. The van der Waals surface area contributed by atoms with Crippen molar-refractivity contribution in [3.05, 3.63) is 69.0 Å². The van der Waals surface area contributed by atoms with Gasteiger partial charge in [-0.05, 0) is 117 Å². The Morgan fingerprint density at radius 3 is 2.43 bits per heavy atom. The molecule has 1 aromatic heterocycles. The molecule has 3 heterocycles. The van der Waals surface area contributed by atoms with E-state index in [0.29, 0.717) is 17.9 Å². The van der Waals surface area contributed by atoms with Gasteiger partial charge in [0.2, 0.25) is 0 Å². The fraction of sp³-hybridized carbons (Fsp3) is 0.590. The topological polar surface area (TPSA) is 96.1 Å². The molecule has 10 rings (SSSR count). The van der Waals surface area contributed by atoms with E-state index in [0.717, 1.165) is 67.8 Å². The highest BCUT2D eigenvalue weighted by Gasteiger charge is 2.72. The standard InChI is InChI=1S/C39H46N2O5/c1-5-37-26(20(3)40-18-21-9-10-21)16-24-25-17-39(44)23-7-6-14-38(39)30-22(15-23)11-13-28(43)34(30)46-36(38)32(25)41(4)31(24)35(37)45-33-27(42)12-8-19(2)29(33)37/h8,11-13,20-21,23,26,35-36,40,42-44H,5-7,9-10,14-18H2,1-4H3/t20?,23-,26?,35+,36+,37+,38+,39-/m1/s1. The highest BCUT2D eigenvalue weighted by molar-refractivity contribution is 5.66. The Bertz CT molecular complexity index is 1840. The molecule has 4 N–H and O–H groups in total. The zero-order chi connectivity index (χ0) is 31.5. The number of hydrogen-bond acceptors (Lipinski definition) is 6. The van der Waals surface area contributed by atoms with Gasteiger partial charge in [-0.1, -0.05) is 25.5 Å². The SMILES string of the molecule is CC[C@]12c3c(C)ccc(O)c3O[C@H]1c1c(c3c(n1C)[C@@H]1Oc4c(O)ccc5c4[C@@]14CCC[C@H](C5)[C@]4(O)C3)CC2C(C)NCC1CC1. The second-order valence-corrected chi connectivity index (χ2v) is 16.0. The summed E-state index contributed by atoms with van der Waals surface area (Å²) in [4.78, 5) is 0. The van der Waals surface area contributed by atoms with E-state index in [1.54, 1.807) is 12.1 Å². The number of aryl methyl sites for hydroxylation is 1. The van der Waals surface area contributed by atoms with E-state index >= 15 is 0 Å². The van der Waals surface area contributed by atoms with Gasteiger partial charge < -0.3 is 34.7 Å². The Morgan fingerprint density at radius 1 is 0.957 bits per heavy atom. The maximum absolute atomic E-state index is 13.1. The van der Waals surface area contributed by atoms with Crippen LogP contribution in [-0.4, -0.2) is 38.1 Å². The maximum atomic E-state index is 13.1. The molecule has 7 aliphatic rings. The number of nitrogens with one attached hydrogen (secondary N) is 1. The summed E-state index contributed by atoms with van der Waals surface area (Å²) in [5.74, 6) is 2.77. The number of aromatic nitrogens is 1. The molecule has 3 aromatic rings. The number of phenols is 2. The molecule has 2 bridgehead atoms. The van der Waals surface area contributed by atoms with Gasteiger partial charge in [0, 0.05) is 36.1 Å². The number of benzene rings is 2. The first-order chi connectivity index (χ1) is 22.2. The molecule has 2 aromatic carbocycles. The number of rotatable bonds is 5. The fourth-order valence-electron chi connectivity index (χ4n) is 12.1. The van der Waals surface area contributed by atoms with Gasteiger partial charge in [0.25, 0.3) is 0 Å². The van der Waals surface area contributed by atoms with Crippen LogP contribution in [0.2, 0.25) is 0 Å². The zero-order valence-electron chi connectivity index (χ0n) is 27.4. The first-order valence-electron chi connectivity index (χ1n) is 17.8. The second-order valence-electron chi connectivity index (χ2n) is 16.0. The van der Waals surface area contributed by atoms with Crippen LogP contribution in [0.25, 0.3) is 0 Å². The van der Waals surface area contributed by atoms with Gasteiger partial charge in [0.1, 0.15) is 6.10 Å². The van der Waals surface area contributed by atoms with Gasteiger partial charge in [0.15, 0.2) is 29.1 Å². The summed E-state index contributed by atoms with van der Waals surface area (Å²) in [5, 5.41) is 39.5. The first-order valence-corrected chi connectivity index (χ1v) is 17.8. The van der Waals surface area contributed by atoms with E-state index < -0.39 is 11.0 Å². The number of aliphatic hydroxyl groups is 1. The molecule has 0 amide bonds. The van der Waals surface area contributed by atoms with Crippen LogP contribution >= 0.6 is 0 Å². The molecule has 7 heteroatoms. The van der Waals surface area contributed by atoms with Crippen LogP contribution in [0.5, 0.6) is 23.0 Å². The van der Waals surface area contributed by atoms with Gasteiger partial charge in [-0.3, -0.25) is 0 Å². The summed E-state index contributed by atoms with van der Waals surface area (Å²) in [6.07, 6.45) is 8.08. The predicted molar refractivity (Wildman–Crippen MR) is 174 cm³/mol. The van der Waals surface area contributed by atoms with E-state index in [1.807, 2.05) is 0 Å². The van der Waals surface area contributed by atoms with Crippen LogP contribution in [0, 0.1) is 24.7 Å². The van der Waals surface area contributed by atoms with Crippen molar-refractivity contribution in [1.82, 2.24) is 9.88 Å². The lowest BCUT2D eigenvalue weighted by Crippen LogP contribution is -2.66. The van der Waals surface area contributed by atoms with E-state index in [4.69, 9.17) is 9.47 Å². The molecule has 2 aliphatic heterocycles. The molecular formula is C39H46N2O5. The minimum atomic E-state index is -0.941. The molecule has 7 nitrogen and oxygen atoms in total. The second kappa shape index (κ2) is 8.84. The van der Waals surface area contributed by atoms with Crippen molar-refractivity contribution in [3.8, 4) is 23.0 Å². The number of aromatic hydroxyl groups is 2. The van der Waals surface area contributed by atoms with Gasteiger partial charge >= 0.3 is 0 Å². The number of hydrogen-bond donors (Lipinski definition) is 4. The molecule has 2 fully saturated rings. The highest BCUT2D eigenvalue weighted by Crippen LogP contribution is 2.72. The molecule has 2 saturated carbocycles. The Hall–Kier alpha value is -3.16. The average Bonchev–Trinajstić information content (AvgIpc) is 3.61. The van der Waals surface area contributed by atoms with Crippen molar-refractivity contribution in [2.24, 2.45) is 24.8 Å². The summed E-state index contributed by atoms with van der Waals surface area (Å²) in [5.41, 5.74) is 7.63. The smallest absolute Gasteiger partial charge is 0.166 e. The Balaban J connectivity index is 1.21. The summed E-state index contributed by atoms with van der Waals surface area (Å²) >= 11 is 0. The van der Waals surface area contributed by atoms with Gasteiger partial charge in [0.05, 0.1) is 22.4 Å². The lowest BCUT2D eigenvalue weighted by Gasteiger charge is -2.60. The van der Waals surface area contributed by atoms with Crippen LogP contribution in [0.15, 0.2) is 24.3 Å². The van der Waals surface area contributed by atoms with Crippen molar-refractivity contribution in [2.75, 3.05) is 6.54 Å². The van der Waals surface area contributed by atoms with Crippen LogP contribution in [0.1, 0.15) is 109 Å². The van der Waals surface area contributed by atoms with Crippen molar-refractivity contribution in [2.45, 2.75) is 113 Å². The third-order valence-corrected chi connectivity index (χ3v) is 14.3. The van der Waals surface area contributed by atoms with Crippen molar-refractivity contribution >= 4 is 0 Å². The van der Waals surface area contributed by atoms with Crippen LogP contribution in [0.3, 0.4) is 0 Å². The average molecular weight is 623 g/mol. The monoisotopic (exact) mass is 622 g/mol. The molecule has 0 saturated heterocycles. The van der Waals surface area contributed by atoms with Crippen molar-refractivity contribution < 1.29 is 24.8 Å². The van der Waals surface area contributed by atoms with E-state index in [-0.39, 0.29) is 47.0 Å². The summed E-state index contributed by atoms with van der Waals surface area (Å²) < 4.78 is 16.3. The van der Waals surface area contributed by atoms with Crippen LogP contribution in [0.4, 0.5) is 0 Å². The molecule has 8 atom stereocenters. The molecule has 5 aliphatic carbocycles. The number of phenolic OH excluding ortho intramolecular Hbond substituents is 2. The van der Waals surface area contributed by atoms with Gasteiger partial charge in [-0.2, -0.15) is 0 Å². The maximum Gasteiger partial charge on any atom is 0.166 e. The molecule has 46 heavy (non-hydrogen) atoms. The van der Waals surface area contributed by atoms with Gasteiger partial charge in [-0.25, -0.2) is 0 Å². The molecule has 1 spiro atoms.